The van der Waals surface area contributed by atoms with Crippen LogP contribution < -0.4 is 10.2 Å². The Morgan fingerprint density at radius 1 is 1.32 bits per heavy atom. The highest BCUT2D eigenvalue weighted by molar-refractivity contribution is 6.03. The molecule has 0 aliphatic carbocycles. The fraction of sp³-hybridized carbons (Fsp3) is 0.500. The number of anilines is 1. The van der Waals surface area contributed by atoms with Crippen LogP contribution in [0.25, 0.3) is 0 Å². The Labute approximate surface area is 162 Å². The molecule has 0 aromatic heterocycles. The summed E-state index contributed by atoms with van der Waals surface area (Å²) < 4.78 is 44.7. The van der Waals surface area contributed by atoms with Crippen molar-refractivity contribution in [3.05, 3.63) is 41.5 Å². The van der Waals surface area contributed by atoms with Crippen LogP contribution in [0.3, 0.4) is 0 Å². The Bertz CT molecular complexity index is 782. The van der Waals surface area contributed by atoms with Crippen LogP contribution in [0.2, 0.25) is 0 Å². The SMILES string of the molecule is C=C(C)CN[C@H]1Cc2ccc(C(F)(F)F)cc2N(CC(=O)OC(C)(C)C)C1=O. The molecule has 2 rings (SSSR count). The highest BCUT2D eigenvalue weighted by atomic mass is 19.4. The zero-order chi connectivity index (χ0) is 21.3. The molecule has 1 amide bonds. The monoisotopic (exact) mass is 398 g/mol. The van der Waals surface area contributed by atoms with Crippen LogP contribution in [0, 0.1) is 0 Å². The predicted molar refractivity (Wildman–Crippen MR) is 100.0 cm³/mol. The minimum Gasteiger partial charge on any atom is -0.459 e. The van der Waals surface area contributed by atoms with Crippen LogP contribution in [0.4, 0.5) is 18.9 Å². The van der Waals surface area contributed by atoms with Gasteiger partial charge in [0.25, 0.3) is 0 Å². The molecule has 1 aliphatic rings. The maximum absolute atomic E-state index is 13.1. The number of halogens is 3. The van der Waals surface area contributed by atoms with E-state index in [4.69, 9.17) is 4.74 Å². The van der Waals surface area contributed by atoms with Gasteiger partial charge in [0.05, 0.1) is 11.6 Å². The average Bonchev–Trinajstić information content (AvgIpc) is 2.52. The number of carbonyl (C=O) groups excluding carboxylic acids is 2. The maximum atomic E-state index is 13.1. The molecule has 1 heterocycles. The predicted octanol–water partition coefficient (Wildman–Crippen LogP) is 3.47. The van der Waals surface area contributed by atoms with Gasteiger partial charge >= 0.3 is 12.1 Å². The van der Waals surface area contributed by atoms with Crippen molar-refractivity contribution in [1.29, 1.82) is 0 Å². The zero-order valence-corrected chi connectivity index (χ0v) is 16.4. The molecule has 0 radical (unpaired) electrons. The Morgan fingerprint density at radius 2 is 1.96 bits per heavy atom. The molecule has 154 valence electrons. The lowest BCUT2D eigenvalue weighted by Gasteiger charge is -2.35. The molecule has 1 N–H and O–H groups in total. The number of ether oxygens (including phenoxy) is 1. The largest absolute Gasteiger partial charge is 0.459 e. The third kappa shape index (κ3) is 5.58. The van der Waals surface area contributed by atoms with Crippen LogP contribution >= 0.6 is 0 Å². The molecule has 0 unspecified atom stereocenters. The first-order valence-electron chi connectivity index (χ1n) is 8.89. The fourth-order valence-corrected chi connectivity index (χ4v) is 2.90. The molecular weight excluding hydrogens is 373 g/mol. The van der Waals surface area contributed by atoms with Crippen molar-refractivity contribution >= 4 is 17.6 Å². The van der Waals surface area contributed by atoms with Gasteiger partial charge in [0.1, 0.15) is 12.1 Å². The van der Waals surface area contributed by atoms with Gasteiger partial charge in [-0.25, -0.2) is 0 Å². The first-order valence-corrected chi connectivity index (χ1v) is 8.89. The quantitative estimate of drug-likeness (QED) is 0.610. The summed E-state index contributed by atoms with van der Waals surface area (Å²) in [5, 5.41) is 3.04. The topological polar surface area (TPSA) is 58.6 Å². The summed E-state index contributed by atoms with van der Waals surface area (Å²) in [4.78, 5) is 26.2. The summed E-state index contributed by atoms with van der Waals surface area (Å²) >= 11 is 0. The van der Waals surface area contributed by atoms with Gasteiger partial charge in [0.15, 0.2) is 0 Å². The summed E-state index contributed by atoms with van der Waals surface area (Å²) in [6, 6.07) is 2.58. The van der Waals surface area contributed by atoms with Crippen molar-refractivity contribution in [3.63, 3.8) is 0 Å². The van der Waals surface area contributed by atoms with Crippen LogP contribution in [-0.2, 0) is 26.9 Å². The fourth-order valence-electron chi connectivity index (χ4n) is 2.90. The average molecular weight is 398 g/mol. The van der Waals surface area contributed by atoms with Crippen molar-refractivity contribution in [2.75, 3.05) is 18.0 Å². The molecule has 5 nitrogen and oxygen atoms in total. The van der Waals surface area contributed by atoms with E-state index in [-0.39, 0.29) is 12.1 Å². The normalized spacial score (nSPS) is 17.3. The number of alkyl halides is 3. The van der Waals surface area contributed by atoms with Gasteiger partial charge in [-0.2, -0.15) is 13.2 Å². The van der Waals surface area contributed by atoms with Crippen LogP contribution in [0.15, 0.2) is 30.4 Å². The standard InChI is InChI=1S/C20H25F3N2O3/c1-12(2)10-24-15-8-13-6-7-14(20(21,22)23)9-16(13)25(18(15)27)11-17(26)28-19(3,4)5/h6-7,9,15,24H,1,8,10-11H2,2-5H3/t15-/m0/s1. The Hall–Kier alpha value is -2.35. The third-order valence-corrected chi connectivity index (χ3v) is 4.05. The van der Waals surface area contributed by atoms with Crippen LogP contribution in [-0.4, -0.2) is 36.6 Å². The van der Waals surface area contributed by atoms with E-state index >= 15 is 0 Å². The van der Waals surface area contributed by atoms with Crippen LogP contribution in [0.5, 0.6) is 0 Å². The van der Waals surface area contributed by atoms with Gasteiger partial charge in [-0.3, -0.25) is 14.5 Å². The number of amides is 1. The smallest absolute Gasteiger partial charge is 0.416 e. The Kier molecular flexibility index (Phi) is 6.23. The number of fused-ring (bicyclic) bond motifs is 1. The summed E-state index contributed by atoms with van der Waals surface area (Å²) in [6.07, 6.45) is -4.32. The molecule has 1 aromatic carbocycles. The van der Waals surface area contributed by atoms with Crippen molar-refractivity contribution in [2.45, 2.75) is 51.9 Å². The molecule has 0 saturated carbocycles. The molecule has 0 spiro atoms. The Morgan fingerprint density at radius 3 is 2.50 bits per heavy atom. The Balaban J connectivity index is 2.39. The van der Waals surface area contributed by atoms with Gasteiger partial charge in [0, 0.05) is 12.2 Å². The summed E-state index contributed by atoms with van der Waals surface area (Å²) in [5.74, 6) is -1.16. The van der Waals surface area contributed by atoms with E-state index in [1.165, 1.54) is 6.07 Å². The highest BCUT2D eigenvalue weighted by Crippen LogP contribution is 2.36. The van der Waals surface area contributed by atoms with Crippen molar-refractivity contribution < 1.29 is 27.5 Å². The molecule has 1 aliphatic heterocycles. The molecule has 1 atom stereocenters. The van der Waals surface area contributed by atoms with Crippen molar-refractivity contribution in [3.8, 4) is 0 Å². The number of hydrogen-bond donors (Lipinski definition) is 1. The van der Waals surface area contributed by atoms with Gasteiger partial charge in [-0.05, 0) is 51.8 Å². The number of carbonyl (C=O) groups is 2. The summed E-state index contributed by atoms with van der Waals surface area (Å²) in [7, 11) is 0. The molecule has 1 aromatic rings. The lowest BCUT2D eigenvalue weighted by molar-refractivity contribution is -0.153. The van der Waals surface area contributed by atoms with Gasteiger partial charge in [-0.15, -0.1) is 0 Å². The van der Waals surface area contributed by atoms with E-state index in [1.807, 2.05) is 0 Å². The molecule has 0 bridgehead atoms. The highest BCUT2D eigenvalue weighted by Gasteiger charge is 2.37. The number of benzene rings is 1. The van der Waals surface area contributed by atoms with Crippen molar-refractivity contribution in [1.82, 2.24) is 5.32 Å². The lowest BCUT2D eigenvalue weighted by Crippen LogP contribution is -2.53. The number of hydrogen-bond acceptors (Lipinski definition) is 4. The number of rotatable bonds is 5. The number of nitrogens with one attached hydrogen (secondary N) is 1. The van der Waals surface area contributed by atoms with E-state index in [9.17, 15) is 22.8 Å². The minimum absolute atomic E-state index is 0.0825. The molecule has 28 heavy (non-hydrogen) atoms. The van der Waals surface area contributed by atoms with Gasteiger partial charge in [-0.1, -0.05) is 18.2 Å². The van der Waals surface area contributed by atoms with Crippen molar-refractivity contribution in [2.24, 2.45) is 0 Å². The first-order chi connectivity index (χ1) is 12.8. The molecular formula is C20H25F3N2O3. The first kappa shape index (κ1) is 21.9. The minimum atomic E-state index is -4.55. The van der Waals surface area contributed by atoms with E-state index in [1.54, 1.807) is 27.7 Å². The number of nitrogens with zero attached hydrogens (tertiary/aromatic N) is 1. The summed E-state index contributed by atoms with van der Waals surface area (Å²) in [5.41, 5.74) is -0.204. The maximum Gasteiger partial charge on any atom is 0.416 e. The third-order valence-electron chi connectivity index (χ3n) is 4.05. The molecule has 0 fully saturated rings. The second-order valence-corrected chi connectivity index (χ2v) is 7.95. The molecule has 8 heteroatoms. The van der Waals surface area contributed by atoms with E-state index in [2.05, 4.69) is 11.9 Å². The molecule has 0 saturated heterocycles. The van der Waals surface area contributed by atoms with E-state index in [0.29, 0.717) is 12.1 Å². The van der Waals surface area contributed by atoms with Crippen LogP contribution in [0.1, 0.15) is 38.8 Å². The second-order valence-electron chi connectivity index (χ2n) is 7.95. The van der Waals surface area contributed by atoms with Gasteiger partial charge < -0.3 is 10.1 Å². The van der Waals surface area contributed by atoms with Gasteiger partial charge in [0.2, 0.25) is 5.91 Å². The zero-order valence-electron chi connectivity index (χ0n) is 16.4. The lowest BCUT2D eigenvalue weighted by atomic mass is 9.95. The second kappa shape index (κ2) is 7.95. The summed E-state index contributed by atoms with van der Waals surface area (Å²) in [6.45, 7) is 10.5. The number of esters is 1. The van der Waals surface area contributed by atoms with E-state index < -0.39 is 41.8 Å². The van der Waals surface area contributed by atoms with E-state index in [0.717, 1.165) is 22.6 Å².